The number of carbonyl (C=O) groups excluding carboxylic acids is 1. The van der Waals surface area contributed by atoms with Gasteiger partial charge in [-0.1, -0.05) is 30.3 Å². The van der Waals surface area contributed by atoms with Crippen molar-refractivity contribution >= 4 is 6.09 Å². The summed E-state index contributed by atoms with van der Waals surface area (Å²) in [6.07, 6.45) is 2.45. The second kappa shape index (κ2) is 7.03. The summed E-state index contributed by atoms with van der Waals surface area (Å²) in [5, 5.41) is 7.42. The van der Waals surface area contributed by atoms with Gasteiger partial charge in [0.2, 0.25) is 0 Å². The maximum absolute atomic E-state index is 11.9. The number of nitrogens with zero attached hydrogens (tertiary/aromatic N) is 4. The van der Waals surface area contributed by atoms with Crippen LogP contribution in [0, 0.1) is 6.92 Å². The number of aryl methyl sites for hydroxylation is 1. The van der Waals surface area contributed by atoms with E-state index in [1.54, 1.807) is 4.90 Å². The average Bonchev–Trinajstić information content (AvgIpc) is 3.27. The first-order valence-corrected chi connectivity index (χ1v) is 8.77. The maximum atomic E-state index is 11.9. The fourth-order valence-corrected chi connectivity index (χ4v) is 3.20. The van der Waals surface area contributed by atoms with E-state index in [0.717, 1.165) is 41.3 Å². The number of nitrogens with one attached hydrogen (secondary N) is 1. The molecule has 134 valence electrons. The van der Waals surface area contributed by atoms with Crippen molar-refractivity contribution in [1.82, 2.24) is 24.6 Å². The molecule has 0 bridgehead atoms. The van der Waals surface area contributed by atoms with Gasteiger partial charge in [-0.3, -0.25) is 5.10 Å². The van der Waals surface area contributed by atoms with Crippen molar-refractivity contribution in [3.8, 4) is 22.6 Å². The zero-order valence-corrected chi connectivity index (χ0v) is 14.7. The van der Waals surface area contributed by atoms with E-state index in [2.05, 4.69) is 19.7 Å². The van der Waals surface area contributed by atoms with E-state index in [0.29, 0.717) is 19.7 Å². The number of imidazole rings is 1. The van der Waals surface area contributed by atoms with Crippen LogP contribution in [0.1, 0.15) is 12.1 Å². The maximum Gasteiger partial charge on any atom is 0.409 e. The topological polar surface area (TPSA) is 76.0 Å². The van der Waals surface area contributed by atoms with Crippen molar-refractivity contribution < 1.29 is 9.53 Å². The van der Waals surface area contributed by atoms with Gasteiger partial charge in [-0.15, -0.1) is 0 Å². The molecule has 0 atom stereocenters. The third-order valence-electron chi connectivity index (χ3n) is 4.50. The SMILES string of the molecule is Cc1cc(-c2c(-c3ccccc3)ncn2CCN2CCCOC2=O)n[nH]1. The number of aromatic nitrogens is 4. The Kier molecular flexibility index (Phi) is 4.43. The highest BCUT2D eigenvalue weighted by atomic mass is 16.6. The molecule has 1 aliphatic heterocycles. The van der Waals surface area contributed by atoms with Crippen LogP contribution in [0.15, 0.2) is 42.7 Å². The fourth-order valence-electron chi connectivity index (χ4n) is 3.20. The summed E-state index contributed by atoms with van der Waals surface area (Å²) >= 11 is 0. The fraction of sp³-hybridized carbons (Fsp3) is 0.316. The van der Waals surface area contributed by atoms with Crippen LogP contribution in [0.3, 0.4) is 0 Å². The third kappa shape index (κ3) is 3.20. The Morgan fingerprint density at radius 2 is 2.08 bits per heavy atom. The van der Waals surface area contributed by atoms with Crippen molar-refractivity contribution in [2.24, 2.45) is 0 Å². The molecule has 2 aromatic heterocycles. The molecule has 1 aliphatic rings. The number of hydrogen-bond donors (Lipinski definition) is 1. The number of rotatable bonds is 5. The predicted molar refractivity (Wildman–Crippen MR) is 97.5 cm³/mol. The Labute approximate surface area is 151 Å². The Morgan fingerprint density at radius 1 is 1.23 bits per heavy atom. The summed E-state index contributed by atoms with van der Waals surface area (Å²) in [6.45, 7) is 4.44. The Morgan fingerprint density at radius 3 is 2.81 bits per heavy atom. The van der Waals surface area contributed by atoms with Crippen LogP contribution in [0.25, 0.3) is 22.6 Å². The molecule has 1 saturated heterocycles. The number of H-pyrrole nitrogens is 1. The number of amides is 1. The van der Waals surface area contributed by atoms with E-state index >= 15 is 0 Å². The minimum absolute atomic E-state index is 0.239. The average molecular weight is 351 g/mol. The van der Waals surface area contributed by atoms with Gasteiger partial charge in [0.15, 0.2) is 0 Å². The lowest BCUT2D eigenvalue weighted by Crippen LogP contribution is -2.39. The Hall–Kier alpha value is -3.09. The summed E-state index contributed by atoms with van der Waals surface area (Å²) in [6, 6.07) is 12.1. The molecular formula is C19H21N5O2. The molecule has 0 aliphatic carbocycles. The molecule has 0 unspecified atom stereocenters. The van der Waals surface area contributed by atoms with E-state index < -0.39 is 0 Å². The molecule has 1 aromatic carbocycles. The largest absolute Gasteiger partial charge is 0.449 e. The van der Waals surface area contributed by atoms with E-state index in [-0.39, 0.29) is 6.09 Å². The number of hydrogen-bond acceptors (Lipinski definition) is 4. The van der Waals surface area contributed by atoms with Gasteiger partial charge in [-0.25, -0.2) is 9.78 Å². The zero-order chi connectivity index (χ0) is 17.9. The lowest BCUT2D eigenvalue weighted by atomic mass is 10.1. The number of aromatic amines is 1. The molecule has 0 radical (unpaired) electrons. The van der Waals surface area contributed by atoms with E-state index in [9.17, 15) is 4.79 Å². The van der Waals surface area contributed by atoms with E-state index in [4.69, 9.17) is 4.74 Å². The first-order chi connectivity index (χ1) is 12.7. The molecule has 4 rings (SSSR count). The number of benzene rings is 1. The molecule has 0 saturated carbocycles. The van der Waals surface area contributed by atoms with Crippen molar-refractivity contribution in [2.75, 3.05) is 19.7 Å². The molecule has 3 aromatic rings. The van der Waals surface area contributed by atoms with Crippen molar-refractivity contribution in [3.63, 3.8) is 0 Å². The summed E-state index contributed by atoms with van der Waals surface area (Å²) in [4.78, 5) is 18.2. The molecule has 3 heterocycles. The van der Waals surface area contributed by atoms with Crippen molar-refractivity contribution in [2.45, 2.75) is 19.9 Å². The summed E-state index contributed by atoms with van der Waals surface area (Å²) in [5.41, 5.74) is 4.72. The molecule has 7 heteroatoms. The second-order valence-corrected chi connectivity index (χ2v) is 6.39. The van der Waals surface area contributed by atoms with Crippen LogP contribution in [0.2, 0.25) is 0 Å². The summed E-state index contributed by atoms with van der Waals surface area (Å²) in [5.74, 6) is 0. The van der Waals surface area contributed by atoms with Gasteiger partial charge in [0, 0.05) is 30.9 Å². The van der Waals surface area contributed by atoms with E-state index in [1.807, 2.05) is 49.6 Å². The van der Waals surface area contributed by atoms with Gasteiger partial charge in [-0.05, 0) is 19.4 Å². The Bertz CT molecular complexity index is 900. The minimum atomic E-state index is -0.239. The highest BCUT2D eigenvalue weighted by Gasteiger charge is 2.21. The van der Waals surface area contributed by atoms with Crippen LogP contribution in [0.5, 0.6) is 0 Å². The van der Waals surface area contributed by atoms with Gasteiger partial charge in [-0.2, -0.15) is 5.10 Å². The van der Waals surface area contributed by atoms with Gasteiger partial charge in [0.05, 0.1) is 24.3 Å². The van der Waals surface area contributed by atoms with Gasteiger partial charge in [0.25, 0.3) is 0 Å². The first kappa shape index (κ1) is 16.4. The quantitative estimate of drug-likeness (QED) is 0.766. The third-order valence-corrected chi connectivity index (χ3v) is 4.50. The van der Waals surface area contributed by atoms with Crippen LogP contribution in [0.4, 0.5) is 4.79 Å². The molecule has 1 fully saturated rings. The van der Waals surface area contributed by atoms with Crippen molar-refractivity contribution in [3.05, 3.63) is 48.4 Å². The van der Waals surface area contributed by atoms with Crippen molar-refractivity contribution in [1.29, 1.82) is 0 Å². The molecule has 26 heavy (non-hydrogen) atoms. The number of cyclic esters (lactones) is 1. The monoisotopic (exact) mass is 351 g/mol. The summed E-state index contributed by atoms with van der Waals surface area (Å²) in [7, 11) is 0. The molecule has 0 spiro atoms. The lowest BCUT2D eigenvalue weighted by Gasteiger charge is -2.26. The van der Waals surface area contributed by atoms with Gasteiger partial charge < -0.3 is 14.2 Å². The van der Waals surface area contributed by atoms with Crippen LogP contribution in [-0.4, -0.2) is 50.4 Å². The zero-order valence-electron chi connectivity index (χ0n) is 14.7. The predicted octanol–water partition coefficient (Wildman–Crippen LogP) is 3.09. The molecular weight excluding hydrogens is 330 g/mol. The highest BCUT2D eigenvalue weighted by Crippen LogP contribution is 2.30. The van der Waals surface area contributed by atoms with Crippen LogP contribution >= 0.6 is 0 Å². The van der Waals surface area contributed by atoms with E-state index in [1.165, 1.54) is 0 Å². The number of ether oxygens (including phenoxy) is 1. The standard InChI is InChI=1S/C19H21N5O2/c1-14-12-16(22-21-14)18-17(15-6-3-2-4-7-15)20-13-24(18)10-9-23-8-5-11-26-19(23)25/h2-4,6-7,12-13H,5,8-11H2,1H3,(H,21,22). The molecule has 1 N–H and O–H groups in total. The van der Waals surface area contributed by atoms with Crippen LogP contribution < -0.4 is 0 Å². The second-order valence-electron chi connectivity index (χ2n) is 6.39. The molecule has 1 amide bonds. The smallest absolute Gasteiger partial charge is 0.409 e. The highest BCUT2D eigenvalue weighted by molar-refractivity contribution is 5.76. The Balaban J connectivity index is 1.66. The minimum Gasteiger partial charge on any atom is -0.449 e. The molecule has 7 nitrogen and oxygen atoms in total. The number of carbonyl (C=O) groups is 1. The lowest BCUT2D eigenvalue weighted by molar-refractivity contribution is 0.0716. The van der Waals surface area contributed by atoms with Gasteiger partial charge in [0.1, 0.15) is 5.69 Å². The first-order valence-electron chi connectivity index (χ1n) is 8.77. The van der Waals surface area contributed by atoms with Gasteiger partial charge >= 0.3 is 6.09 Å². The van der Waals surface area contributed by atoms with Crippen LogP contribution in [-0.2, 0) is 11.3 Å². The summed E-state index contributed by atoms with van der Waals surface area (Å²) < 4.78 is 7.17. The normalized spacial score (nSPS) is 14.5.